The summed E-state index contributed by atoms with van der Waals surface area (Å²) in [5.41, 5.74) is 17.7. The van der Waals surface area contributed by atoms with Crippen molar-refractivity contribution in [1.29, 1.82) is 0 Å². The highest BCUT2D eigenvalue weighted by molar-refractivity contribution is 7.18. The molecule has 1 unspecified atom stereocenters. The van der Waals surface area contributed by atoms with Gasteiger partial charge in [-0.05, 0) is 54.6 Å². The number of amides is 1. The van der Waals surface area contributed by atoms with Crippen molar-refractivity contribution >= 4 is 55.8 Å². The van der Waals surface area contributed by atoms with Crippen molar-refractivity contribution in [2.24, 2.45) is 12.8 Å². The highest BCUT2D eigenvalue weighted by Crippen LogP contribution is 2.41. The topological polar surface area (TPSA) is 111 Å². The SMILES string of the molecule is COc1cc(-c2csc3c(/C=C/CN4CCCC(N)C4)cnc(N)c23)ccc1NC(=O)c1cc2ccccc2n1C. The number of nitrogens with two attached hydrogens (primary N) is 2. The van der Waals surface area contributed by atoms with Gasteiger partial charge in [0.05, 0.1) is 12.8 Å². The number of carbonyl (C=O) groups is 1. The van der Waals surface area contributed by atoms with Crippen molar-refractivity contribution in [2.75, 3.05) is 37.8 Å². The van der Waals surface area contributed by atoms with Gasteiger partial charge in [0.15, 0.2) is 0 Å². The second kappa shape index (κ2) is 11.4. The monoisotopic (exact) mass is 566 g/mol. The highest BCUT2D eigenvalue weighted by atomic mass is 32.1. The number of methoxy groups -OCH3 is 1. The molecule has 1 aliphatic heterocycles. The molecule has 4 heterocycles. The molecule has 8 nitrogen and oxygen atoms in total. The van der Waals surface area contributed by atoms with Crippen LogP contribution in [0.25, 0.3) is 38.2 Å². The Hall–Kier alpha value is -4.18. The number of hydrogen-bond donors (Lipinski definition) is 3. The fourth-order valence-corrected chi connectivity index (χ4v) is 6.74. The molecule has 1 atom stereocenters. The first-order valence-corrected chi connectivity index (χ1v) is 14.6. The summed E-state index contributed by atoms with van der Waals surface area (Å²) in [6, 6.07) is 15.9. The number of para-hydroxylation sites is 1. The normalized spacial score (nSPS) is 16.1. The zero-order chi connectivity index (χ0) is 28.5. The average Bonchev–Trinajstić information content (AvgIpc) is 3.57. The molecule has 41 heavy (non-hydrogen) atoms. The molecule has 0 spiro atoms. The van der Waals surface area contributed by atoms with Gasteiger partial charge in [-0.3, -0.25) is 9.69 Å². The number of fused-ring (bicyclic) bond motifs is 2. The van der Waals surface area contributed by atoms with Gasteiger partial charge in [0.1, 0.15) is 17.3 Å². The van der Waals surface area contributed by atoms with Crippen LogP contribution in [0.5, 0.6) is 5.75 Å². The number of rotatable bonds is 7. The lowest BCUT2D eigenvalue weighted by Gasteiger charge is -2.29. The second-order valence-electron chi connectivity index (χ2n) is 10.5. The maximum absolute atomic E-state index is 13.2. The molecule has 0 aliphatic carbocycles. The molecule has 1 amide bonds. The van der Waals surface area contributed by atoms with Gasteiger partial charge >= 0.3 is 0 Å². The van der Waals surface area contributed by atoms with E-state index in [1.165, 1.54) is 0 Å². The van der Waals surface area contributed by atoms with Gasteiger partial charge in [-0.1, -0.05) is 36.4 Å². The summed E-state index contributed by atoms with van der Waals surface area (Å²) in [6.45, 7) is 2.88. The number of benzene rings is 2. The van der Waals surface area contributed by atoms with E-state index in [0.29, 0.717) is 22.9 Å². The number of hydrogen-bond acceptors (Lipinski definition) is 7. The van der Waals surface area contributed by atoms with Crippen molar-refractivity contribution in [3.63, 3.8) is 0 Å². The number of piperidine rings is 1. The molecule has 0 radical (unpaired) electrons. The molecule has 1 fully saturated rings. The van der Waals surface area contributed by atoms with E-state index in [1.54, 1.807) is 18.4 Å². The lowest BCUT2D eigenvalue weighted by atomic mass is 10.0. The zero-order valence-electron chi connectivity index (χ0n) is 23.3. The van der Waals surface area contributed by atoms with E-state index < -0.39 is 0 Å². The molecule has 9 heteroatoms. The van der Waals surface area contributed by atoms with Gasteiger partial charge in [0.25, 0.3) is 5.91 Å². The van der Waals surface area contributed by atoms with Crippen LogP contribution in [0.3, 0.4) is 0 Å². The number of carbonyl (C=O) groups excluding carboxylic acids is 1. The van der Waals surface area contributed by atoms with Gasteiger partial charge in [0, 0.05) is 64.5 Å². The van der Waals surface area contributed by atoms with Gasteiger partial charge in [-0.2, -0.15) is 0 Å². The Bertz CT molecular complexity index is 1770. The van der Waals surface area contributed by atoms with Gasteiger partial charge in [-0.15, -0.1) is 11.3 Å². The highest BCUT2D eigenvalue weighted by Gasteiger charge is 2.19. The predicted octanol–water partition coefficient (Wildman–Crippen LogP) is 5.73. The zero-order valence-corrected chi connectivity index (χ0v) is 24.1. The first-order valence-electron chi connectivity index (χ1n) is 13.8. The predicted molar refractivity (Wildman–Crippen MR) is 170 cm³/mol. The van der Waals surface area contributed by atoms with Crippen molar-refractivity contribution in [1.82, 2.24) is 14.5 Å². The Labute approximate surface area is 243 Å². The lowest BCUT2D eigenvalue weighted by Crippen LogP contribution is -2.42. The van der Waals surface area contributed by atoms with E-state index in [0.717, 1.165) is 70.2 Å². The Morgan fingerprint density at radius 3 is 2.90 bits per heavy atom. The summed E-state index contributed by atoms with van der Waals surface area (Å²) in [7, 11) is 3.50. The van der Waals surface area contributed by atoms with Crippen molar-refractivity contribution < 1.29 is 9.53 Å². The molecular formula is C32H34N6O2S. The third kappa shape index (κ3) is 5.31. The van der Waals surface area contributed by atoms with E-state index in [9.17, 15) is 4.79 Å². The van der Waals surface area contributed by atoms with Gasteiger partial charge in [-0.25, -0.2) is 4.98 Å². The minimum atomic E-state index is -0.202. The smallest absolute Gasteiger partial charge is 0.272 e. The molecule has 1 saturated heterocycles. The number of likely N-dealkylation sites (tertiary alicyclic amines) is 1. The van der Waals surface area contributed by atoms with E-state index in [2.05, 4.69) is 32.7 Å². The second-order valence-corrected chi connectivity index (χ2v) is 11.4. The number of nitrogens with zero attached hydrogens (tertiary/aromatic N) is 3. The summed E-state index contributed by atoms with van der Waals surface area (Å²) >= 11 is 1.65. The van der Waals surface area contributed by atoms with Crippen molar-refractivity contribution in [3.05, 3.63) is 77.4 Å². The first kappa shape index (κ1) is 27.0. The molecule has 3 aromatic heterocycles. The Balaban J connectivity index is 1.26. The number of aromatic nitrogens is 2. The van der Waals surface area contributed by atoms with Crippen LogP contribution in [0.4, 0.5) is 11.5 Å². The Morgan fingerprint density at radius 2 is 2.10 bits per heavy atom. The summed E-state index contributed by atoms with van der Waals surface area (Å²) < 4.78 is 8.69. The van der Waals surface area contributed by atoms with Crippen LogP contribution < -0.4 is 21.5 Å². The third-order valence-electron chi connectivity index (χ3n) is 7.80. The number of nitrogen functional groups attached to an aromatic ring is 1. The molecule has 5 aromatic rings. The molecule has 2 aromatic carbocycles. The molecule has 5 N–H and O–H groups in total. The summed E-state index contributed by atoms with van der Waals surface area (Å²) in [4.78, 5) is 20.1. The molecule has 1 aliphatic rings. The first-order chi connectivity index (χ1) is 19.9. The largest absolute Gasteiger partial charge is 0.495 e. The molecule has 0 saturated carbocycles. The minimum absolute atomic E-state index is 0.202. The van der Waals surface area contributed by atoms with E-state index in [4.69, 9.17) is 16.2 Å². The minimum Gasteiger partial charge on any atom is -0.495 e. The van der Waals surface area contributed by atoms with Crippen LogP contribution >= 0.6 is 11.3 Å². The fourth-order valence-electron chi connectivity index (χ4n) is 5.66. The van der Waals surface area contributed by atoms with E-state index in [1.807, 2.05) is 66.3 Å². The van der Waals surface area contributed by atoms with Crippen LogP contribution in [0.2, 0.25) is 0 Å². The third-order valence-corrected chi connectivity index (χ3v) is 8.83. The van der Waals surface area contributed by atoms with Crippen LogP contribution in [0.15, 0.2) is 66.2 Å². The maximum Gasteiger partial charge on any atom is 0.272 e. The molecule has 210 valence electrons. The fraction of sp³-hybridized carbons (Fsp3) is 0.250. The summed E-state index contributed by atoms with van der Waals surface area (Å²) in [6.07, 6.45) is 8.39. The van der Waals surface area contributed by atoms with Crippen LogP contribution in [-0.4, -0.2) is 53.1 Å². The number of ether oxygens (including phenoxy) is 1. The molecule has 6 rings (SSSR count). The quantitative estimate of drug-likeness (QED) is 0.232. The number of thiophene rings is 1. The standard InChI is InChI=1S/C32H34N6O2S/c1-37-26-10-4-3-7-21(26)15-27(37)32(39)36-25-12-11-20(16-28(25)40-2)24-19-41-30-22(17-35-31(34)29(24)30)8-5-13-38-14-6-9-23(33)18-38/h3-5,7-8,10-12,15-17,19,23H,6,9,13-14,18,33H2,1-2H3,(H2,34,35)(H,36,39)/b8-5+. The van der Waals surface area contributed by atoms with E-state index in [-0.39, 0.29) is 11.9 Å². The maximum atomic E-state index is 13.2. The Morgan fingerprint density at radius 1 is 1.24 bits per heavy atom. The molecular weight excluding hydrogens is 532 g/mol. The van der Waals surface area contributed by atoms with Crippen LogP contribution in [0, 0.1) is 0 Å². The van der Waals surface area contributed by atoms with Gasteiger partial charge in [0.2, 0.25) is 0 Å². The number of nitrogens with one attached hydrogen (secondary N) is 1. The Kier molecular flexibility index (Phi) is 7.49. The van der Waals surface area contributed by atoms with Crippen LogP contribution in [0.1, 0.15) is 28.9 Å². The number of pyridine rings is 1. The number of anilines is 2. The van der Waals surface area contributed by atoms with Crippen LogP contribution in [-0.2, 0) is 7.05 Å². The van der Waals surface area contributed by atoms with E-state index >= 15 is 0 Å². The van der Waals surface area contributed by atoms with Crippen molar-refractivity contribution in [3.8, 4) is 16.9 Å². The lowest BCUT2D eigenvalue weighted by molar-refractivity contribution is 0.101. The van der Waals surface area contributed by atoms with Crippen molar-refractivity contribution in [2.45, 2.75) is 18.9 Å². The average molecular weight is 567 g/mol. The summed E-state index contributed by atoms with van der Waals surface area (Å²) in [5, 5.41) is 7.07. The summed E-state index contributed by atoms with van der Waals surface area (Å²) in [5.74, 6) is 0.853. The number of aryl methyl sites for hydroxylation is 1. The van der Waals surface area contributed by atoms with Gasteiger partial charge < -0.3 is 26.1 Å². The molecule has 0 bridgehead atoms.